The van der Waals surface area contributed by atoms with E-state index in [9.17, 15) is 9.60 Å². The summed E-state index contributed by atoms with van der Waals surface area (Å²) in [5.41, 5.74) is 0.445. The van der Waals surface area contributed by atoms with E-state index in [-0.39, 0.29) is 99.3 Å². The van der Waals surface area contributed by atoms with Crippen molar-refractivity contribution in [1.82, 2.24) is 19.5 Å². The van der Waals surface area contributed by atoms with Gasteiger partial charge in [0.05, 0.1) is 37.1 Å². The normalized spacial score (nSPS) is 16.5. The molecule has 4 heterocycles. The van der Waals surface area contributed by atoms with Crippen molar-refractivity contribution in [3.8, 4) is 51.0 Å². The third kappa shape index (κ3) is 5.04. The Morgan fingerprint density at radius 2 is 1.25 bits per heavy atom. The summed E-state index contributed by atoms with van der Waals surface area (Å²) in [7, 11) is 0. The number of hydrogen-bond donors (Lipinski definition) is 0. The van der Waals surface area contributed by atoms with Crippen LogP contribution in [0.1, 0.15) is 26.0 Å². The monoisotopic (exact) mass is 765 g/mol. The molecule has 0 spiro atoms. The van der Waals surface area contributed by atoms with Crippen LogP contribution in [0.4, 0.5) is 0 Å². The first-order chi connectivity index (χ1) is 36.2. The van der Waals surface area contributed by atoms with E-state index in [1.165, 1.54) is 6.07 Å². The Kier molecular flexibility index (Phi) is 4.07. The van der Waals surface area contributed by atoms with Gasteiger partial charge in [0.15, 0.2) is 11.6 Å². The lowest BCUT2D eigenvalue weighted by molar-refractivity contribution is 0.669. The Hall–Kier alpha value is -7.41. The molecular formula is C51H30N4OS. The fraction of sp³-hybridized carbons (Fsp3) is 0. The van der Waals surface area contributed by atoms with E-state index in [2.05, 4.69) is 9.97 Å². The lowest BCUT2D eigenvalue weighted by Crippen LogP contribution is -2.06. The maximum Gasteiger partial charge on any atom is 0.238 e. The Morgan fingerprint density at radius 1 is 0.474 bits per heavy atom. The first-order valence-electron chi connectivity index (χ1n) is 27.0. The van der Waals surface area contributed by atoms with Gasteiger partial charge in [-0.05, 0) is 64.6 Å². The van der Waals surface area contributed by atoms with Gasteiger partial charge in [0.2, 0.25) is 5.95 Å². The number of hydrogen-bond acceptors (Lipinski definition) is 5. The predicted octanol–water partition coefficient (Wildman–Crippen LogP) is 13.9. The summed E-state index contributed by atoms with van der Waals surface area (Å²) in [6, 6.07) is 7.69. The summed E-state index contributed by atoms with van der Waals surface area (Å²) in [6.07, 6.45) is 0. The number of fused-ring (bicyclic) bond motifs is 10. The van der Waals surface area contributed by atoms with Gasteiger partial charge in [-0.1, -0.05) is 139 Å². The van der Waals surface area contributed by atoms with Gasteiger partial charge in [-0.15, -0.1) is 11.3 Å². The molecule has 6 heteroatoms. The van der Waals surface area contributed by atoms with Gasteiger partial charge in [-0.3, -0.25) is 4.57 Å². The average Bonchev–Trinajstić information content (AvgIpc) is 4.13. The second kappa shape index (κ2) is 12.6. The Labute approximate surface area is 357 Å². The Morgan fingerprint density at radius 3 is 2.09 bits per heavy atom. The maximum atomic E-state index is 9.69. The number of rotatable bonds is 5. The highest BCUT2D eigenvalue weighted by Gasteiger charge is 2.22. The second-order valence-electron chi connectivity index (χ2n) is 12.9. The smallest absolute Gasteiger partial charge is 0.238 e. The number of benzene rings is 8. The quantitative estimate of drug-likeness (QED) is 0.175. The molecule has 0 saturated carbocycles. The highest BCUT2D eigenvalue weighted by Crippen LogP contribution is 2.44. The minimum absolute atomic E-state index is 0.0321. The van der Waals surface area contributed by atoms with Crippen LogP contribution in [0.2, 0.25) is 0 Å². The molecule has 0 aliphatic heterocycles. The molecule has 266 valence electrons. The summed E-state index contributed by atoms with van der Waals surface area (Å²) in [5, 5.41) is 0.703. The molecule has 12 rings (SSSR count). The fourth-order valence-electron chi connectivity index (χ4n) is 7.28. The largest absolute Gasteiger partial charge is 0.456 e. The molecule has 12 aromatic rings. The number of nitrogens with zero attached hydrogens (tertiary/aromatic N) is 4. The second-order valence-corrected chi connectivity index (χ2v) is 14.0. The molecule has 0 amide bonds. The molecule has 0 unspecified atom stereocenters. The van der Waals surface area contributed by atoms with E-state index in [0.29, 0.717) is 16.3 Å². The Balaban J connectivity index is 1.20. The van der Waals surface area contributed by atoms with Crippen LogP contribution in [0.25, 0.3) is 115 Å². The number of aromatic nitrogens is 4. The fourth-order valence-corrected chi connectivity index (χ4v) is 8.30. The van der Waals surface area contributed by atoms with Gasteiger partial charge >= 0.3 is 0 Å². The molecule has 0 atom stereocenters. The van der Waals surface area contributed by atoms with Gasteiger partial charge < -0.3 is 4.42 Å². The van der Waals surface area contributed by atoms with Crippen molar-refractivity contribution in [2.45, 2.75) is 0 Å². The molecule has 8 aromatic carbocycles. The van der Waals surface area contributed by atoms with Crippen LogP contribution in [-0.4, -0.2) is 19.5 Å². The van der Waals surface area contributed by atoms with Crippen LogP contribution in [-0.2, 0) is 0 Å². The van der Waals surface area contributed by atoms with Crippen LogP contribution < -0.4 is 0 Å². The van der Waals surface area contributed by atoms with Crippen molar-refractivity contribution in [3.05, 3.63) is 182 Å². The maximum absolute atomic E-state index is 9.69. The summed E-state index contributed by atoms with van der Waals surface area (Å²) < 4.78 is 177. The van der Waals surface area contributed by atoms with Gasteiger partial charge in [0.1, 0.15) is 11.2 Å². The standard InChI is InChI=1S/C51H30N4OS/c1-4-13-31(14-5-1)34-23-26-39-45(30-34)57-44-28-27-41-47(48(39)44)37-19-10-11-21-40(37)55(41)51-53-49(33-17-8-3-9-18-33)52-50(54-51)35-24-25-38-43(29-35)56-42-22-12-20-36(46(38)42)32-15-6-2-7-16-32/h1-30H/i2D,3D,6D,7D,8D,9D,10D,11D,15D,16D,17D,18D,19D,21D,23D,26D,27D,28D,30D. The molecule has 0 fully saturated rings. The zero-order valence-electron chi connectivity index (χ0n) is 48.0. The molecule has 0 N–H and O–H groups in total. The van der Waals surface area contributed by atoms with Gasteiger partial charge in [0, 0.05) is 52.8 Å². The predicted molar refractivity (Wildman–Crippen MR) is 236 cm³/mol. The van der Waals surface area contributed by atoms with Crippen LogP contribution >= 0.6 is 11.3 Å². The topological polar surface area (TPSA) is 56.7 Å². The Bertz CT molecular complexity index is 4590. The molecule has 57 heavy (non-hydrogen) atoms. The average molecular weight is 766 g/mol. The van der Waals surface area contributed by atoms with Crippen molar-refractivity contribution in [3.63, 3.8) is 0 Å². The molecular weight excluding hydrogens is 717 g/mol. The first kappa shape index (κ1) is 18.5. The highest BCUT2D eigenvalue weighted by molar-refractivity contribution is 7.26. The van der Waals surface area contributed by atoms with Crippen LogP contribution in [0.5, 0.6) is 0 Å². The van der Waals surface area contributed by atoms with E-state index in [1.54, 1.807) is 60.7 Å². The number of para-hydroxylation sites is 1. The van der Waals surface area contributed by atoms with Crippen molar-refractivity contribution in [1.29, 1.82) is 0 Å². The van der Waals surface area contributed by atoms with Crippen LogP contribution in [0, 0.1) is 0 Å². The van der Waals surface area contributed by atoms with E-state index in [0.717, 1.165) is 15.9 Å². The molecule has 0 saturated heterocycles. The zero-order chi connectivity index (χ0) is 54.0. The van der Waals surface area contributed by atoms with Gasteiger partial charge in [0.25, 0.3) is 0 Å². The number of thiophene rings is 1. The van der Waals surface area contributed by atoms with Crippen molar-refractivity contribution in [2.75, 3.05) is 0 Å². The van der Waals surface area contributed by atoms with Crippen molar-refractivity contribution >= 4 is 75.3 Å². The first-order valence-corrected chi connectivity index (χ1v) is 18.3. The molecule has 0 radical (unpaired) electrons. The van der Waals surface area contributed by atoms with E-state index in [1.807, 2.05) is 0 Å². The number of furan rings is 1. The minimum Gasteiger partial charge on any atom is -0.456 e. The van der Waals surface area contributed by atoms with E-state index in [4.69, 9.17) is 25.9 Å². The van der Waals surface area contributed by atoms with E-state index >= 15 is 0 Å². The van der Waals surface area contributed by atoms with Crippen molar-refractivity contribution in [2.24, 2.45) is 0 Å². The SMILES string of the molecule is [2H]c1c([2H])c([2H])c(-c2nc(-c3ccc4c(c3)oc3cccc(-c5c([2H])c([2H])c([2H])c([2H])c5[2H])c34)nc(-n3c4c([2H])c([2H])c([2H])c([2H])c4c4c5c(sc6c([2H])c(-c7ccccc7)c([2H])c([2H])c65)c([2H])c([2H])c43)n2)c([2H])c1[2H]. The lowest BCUT2D eigenvalue weighted by Gasteiger charge is -2.11. The van der Waals surface area contributed by atoms with Gasteiger partial charge in [-0.2, -0.15) is 9.97 Å². The minimum atomic E-state index is -0.729. The highest BCUT2D eigenvalue weighted by atomic mass is 32.1. The molecule has 0 bridgehead atoms. The molecule has 0 aliphatic carbocycles. The summed E-state index contributed by atoms with van der Waals surface area (Å²) in [6.45, 7) is 0. The van der Waals surface area contributed by atoms with Crippen LogP contribution in [0.3, 0.4) is 0 Å². The molecule has 4 aromatic heterocycles. The third-order valence-electron chi connectivity index (χ3n) is 9.74. The molecule has 0 aliphatic rings. The van der Waals surface area contributed by atoms with Crippen molar-refractivity contribution < 1.29 is 30.5 Å². The third-order valence-corrected chi connectivity index (χ3v) is 10.8. The lowest BCUT2D eigenvalue weighted by atomic mass is 9.99. The zero-order valence-corrected chi connectivity index (χ0v) is 29.8. The van der Waals surface area contributed by atoms with Crippen LogP contribution in [0.15, 0.2) is 186 Å². The summed E-state index contributed by atoms with van der Waals surface area (Å²) in [5.74, 6) is -1.23. The molecule has 5 nitrogen and oxygen atoms in total. The summed E-state index contributed by atoms with van der Waals surface area (Å²) >= 11 is 0.933. The summed E-state index contributed by atoms with van der Waals surface area (Å²) in [4.78, 5) is 14.2. The van der Waals surface area contributed by atoms with E-state index < -0.39 is 114 Å². The van der Waals surface area contributed by atoms with Gasteiger partial charge in [-0.25, -0.2) is 4.98 Å².